The van der Waals surface area contributed by atoms with Gasteiger partial charge in [0, 0.05) is 5.56 Å². The van der Waals surface area contributed by atoms with Gasteiger partial charge in [-0.2, -0.15) is 0 Å². The van der Waals surface area contributed by atoms with Gasteiger partial charge in [0.1, 0.15) is 0 Å². The summed E-state index contributed by atoms with van der Waals surface area (Å²) < 4.78 is 1.04. The predicted octanol–water partition coefficient (Wildman–Crippen LogP) is 3.23. The van der Waals surface area contributed by atoms with E-state index < -0.39 is 0 Å². The zero-order valence-electron chi connectivity index (χ0n) is 13.2. The monoisotopic (exact) mass is 339 g/mol. The van der Waals surface area contributed by atoms with Crippen molar-refractivity contribution in [1.82, 2.24) is 10.3 Å². The lowest BCUT2D eigenvalue weighted by Gasteiger charge is -2.04. The molecule has 0 saturated carbocycles. The van der Waals surface area contributed by atoms with Crippen LogP contribution >= 0.6 is 11.3 Å². The number of fused-ring (bicyclic) bond motifs is 1. The molecule has 24 heavy (non-hydrogen) atoms. The Morgan fingerprint density at radius 3 is 2.67 bits per heavy atom. The molecule has 6 heteroatoms. The zero-order valence-corrected chi connectivity index (χ0v) is 14.0. The third-order valence-corrected chi connectivity index (χ3v) is 4.49. The van der Waals surface area contributed by atoms with E-state index >= 15 is 0 Å². The van der Waals surface area contributed by atoms with Gasteiger partial charge < -0.3 is 10.6 Å². The van der Waals surface area contributed by atoms with Crippen LogP contribution in [-0.4, -0.2) is 23.3 Å². The largest absolute Gasteiger partial charge is 0.343 e. The van der Waals surface area contributed by atoms with Crippen molar-refractivity contribution in [2.24, 2.45) is 0 Å². The summed E-state index contributed by atoms with van der Waals surface area (Å²) in [6, 6.07) is 14.9. The summed E-state index contributed by atoms with van der Waals surface area (Å²) in [6.07, 6.45) is 0.959. The highest BCUT2D eigenvalue weighted by Gasteiger charge is 2.10. The van der Waals surface area contributed by atoms with Crippen LogP contribution in [0.4, 0.5) is 5.13 Å². The van der Waals surface area contributed by atoms with E-state index in [4.69, 9.17) is 0 Å². The van der Waals surface area contributed by atoms with Crippen LogP contribution < -0.4 is 10.6 Å². The quantitative estimate of drug-likeness (QED) is 0.750. The topological polar surface area (TPSA) is 71.1 Å². The van der Waals surface area contributed by atoms with Crippen LogP contribution in [0.1, 0.15) is 22.8 Å². The predicted molar refractivity (Wildman–Crippen MR) is 96.4 cm³/mol. The third kappa shape index (κ3) is 3.78. The smallest absolute Gasteiger partial charge is 0.251 e. The van der Waals surface area contributed by atoms with Crippen LogP contribution in [0.2, 0.25) is 0 Å². The Hall–Kier alpha value is -2.73. The van der Waals surface area contributed by atoms with E-state index in [0.29, 0.717) is 10.7 Å². The van der Waals surface area contributed by atoms with Crippen LogP contribution in [0.3, 0.4) is 0 Å². The second kappa shape index (κ2) is 7.23. The van der Waals surface area contributed by atoms with Gasteiger partial charge in [-0.25, -0.2) is 4.98 Å². The van der Waals surface area contributed by atoms with Gasteiger partial charge in [-0.1, -0.05) is 42.5 Å². The van der Waals surface area contributed by atoms with Gasteiger partial charge in [0.2, 0.25) is 5.91 Å². The lowest BCUT2D eigenvalue weighted by Crippen LogP contribution is -2.32. The van der Waals surface area contributed by atoms with E-state index in [-0.39, 0.29) is 18.4 Å². The minimum absolute atomic E-state index is 0.0934. The van der Waals surface area contributed by atoms with E-state index in [9.17, 15) is 9.59 Å². The van der Waals surface area contributed by atoms with E-state index in [2.05, 4.69) is 28.6 Å². The van der Waals surface area contributed by atoms with Crippen LogP contribution in [0.25, 0.3) is 10.2 Å². The van der Waals surface area contributed by atoms with E-state index in [1.54, 1.807) is 24.3 Å². The van der Waals surface area contributed by atoms with E-state index in [0.717, 1.165) is 16.6 Å². The van der Waals surface area contributed by atoms with Gasteiger partial charge in [-0.3, -0.25) is 9.59 Å². The fraction of sp³-hybridized carbons (Fsp3) is 0.167. The second-order valence-electron chi connectivity index (χ2n) is 5.27. The molecule has 2 aromatic carbocycles. The first kappa shape index (κ1) is 16.1. The molecule has 1 heterocycles. The van der Waals surface area contributed by atoms with E-state index in [1.165, 1.54) is 16.9 Å². The lowest BCUT2D eigenvalue weighted by atomic mass is 10.2. The van der Waals surface area contributed by atoms with Gasteiger partial charge in [-0.15, -0.1) is 0 Å². The zero-order chi connectivity index (χ0) is 16.9. The number of hydrogen-bond donors (Lipinski definition) is 2. The number of benzene rings is 2. The average Bonchev–Trinajstić information content (AvgIpc) is 3.01. The molecule has 0 aliphatic rings. The van der Waals surface area contributed by atoms with Crippen molar-refractivity contribution < 1.29 is 9.59 Å². The van der Waals surface area contributed by atoms with Crippen LogP contribution in [0.15, 0.2) is 48.5 Å². The Morgan fingerprint density at radius 1 is 1.12 bits per heavy atom. The number of hydrogen-bond acceptors (Lipinski definition) is 4. The van der Waals surface area contributed by atoms with Crippen molar-refractivity contribution in [2.45, 2.75) is 13.3 Å². The number of carbonyl (C=O) groups is 2. The molecule has 122 valence electrons. The Labute approximate surface area is 143 Å². The molecule has 3 aromatic rings. The summed E-state index contributed by atoms with van der Waals surface area (Å²) in [5.74, 6) is -0.573. The highest BCUT2D eigenvalue weighted by molar-refractivity contribution is 7.22. The Bertz CT molecular complexity index is 874. The number of carbonyl (C=O) groups excluding carboxylic acids is 2. The molecule has 2 N–H and O–H groups in total. The first-order valence-electron chi connectivity index (χ1n) is 7.68. The number of amides is 2. The molecule has 5 nitrogen and oxygen atoms in total. The number of aryl methyl sites for hydroxylation is 1. The molecule has 0 radical (unpaired) electrons. The third-order valence-electron chi connectivity index (χ3n) is 3.55. The molecule has 0 atom stereocenters. The van der Waals surface area contributed by atoms with Crippen LogP contribution in [0, 0.1) is 0 Å². The lowest BCUT2D eigenvalue weighted by molar-refractivity contribution is -0.115. The van der Waals surface area contributed by atoms with Crippen molar-refractivity contribution in [1.29, 1.82) is 0 Å². The molecular formula is C18H17N3O2S. The Balaban J connectivity index is 1.59. The fourth-order valence-corrected chi connectivity index (χ4v) is 3.20. The standard InChI is InChI=1S/C18H17N3O2S/c1-2-12-8-9-14-15(10-12)24-18(20-14)21-16(22)11-19-17(23)13-6-4-3-5-7-13/h3-10H,2,11H2,1H3,(H,19,23)(H,20,21,22). The molecule has 2 amide bonds. The molecule has 0 spiro atoms. The van der Waals surface area contributed by atoms with Gasteiger partial charge in [0.15, 0.2) is 5.13 Å². The SMILES string of the molecule is CCc1ccc2nc(NC(=O)CNC(=O)c3ccccc3)sc2c1. The minimum Gasteiger partial charge on any atom is -0.343 e. The molecular weight excluding hydrogens is 322 g/mol. The van der Waals surface area contributed by atoms with Crippen molar-refractivity contribution in [3.8, 4) is 0 Å². The normalized spacial score (nSPS) is 10.5. The summed E-state index contributed by atoms with van der Waals surface area (Å²) in [5, 5.41) is 5.87. The number of thiazole rings is 1. The molecule has 0 fully saturated rings. The van der Waals surface area contributed by atoms with Gasteiger partial charge >= 0.3 is 0 Å². The summed E-state index contributed by atoms with van der Waals surface area (Å²) in [4.78, 5) is 28.3. The molecule has 0 aliphatic carbocycles. The summed E-state index contributed by atoms with van der Waals surface area (Å²) in [6.45, 7) is 2.00. The molecule has 1 aromatic heterocycles. The van der Waals surface area contributed by atoms with Gasteiger partial charge in [0.05, 0.1) is 16.8 Å². The van der Waals surface area contributed by atoms with E-state index in [1.807, 2.05) is 18.2 Å². The van der Waals surface area contributed by atoms with Crippen molar-refractivity contribution in [3.05, 3.63) is 59.7 Å². The van der Waals surface area contributed by atoms with Gasteiger partial charge in [0.25, 0.3) is 5.91 Å². The Morgan fingerprint density at radius 2 is 1.92 bits per heavy atom. The number of rotatable bonds is 5. The summed E-state index contributed by atoms with van der Waals surface area (Å²) in [5.41, 5.74) is 2.62. The maximum absolute atomic E-state index is 12.0. The molecule has 0 saturated heterocycles. The number of anilines is 1. The molecule has 0 aliphatic heterocycles. The summed E-state index contributed by atoms with van der Waals surface area (Å²) in [7, 11) is 0. The number of aromatic nitrogens is 1. The van der Waals surface area contributed by atoms with Crippen molar-refractivity contribution in [3.63, 3.8) is 0 Å². The van der Waals surface area contributed by atoms with Crippen LogP contribution in [0.5, 0.6) is 0 Å². The van der Waals surface area contributed by atoms with Crippen molar-refractivity contribution >= 4 is 38.5 Å². The summed E-state index contributed by atoms with van der Waals surface area (Å²) >= 11 is 1.43. The van der Waals surface area contributed by atoms with Crippen LogP contribution in [-0.2, 0) is 11.2 Å². The molecule has 0 unspecified atom stereocenters. The maximum atomic E-state index is 12.0. The highest BCUT2D eigenvalue weighted by atomic mass is 32.1. The fourth-order valence-electron chi connectivity index (χ4n) is 2.26. The number of nitrogens with zero attached hydrogens (tertiary/aromatic N) is 1. The highest BCUT2D eigenvalue weighted by Crippen LogP contribution is 2.26. The average molecular weight is 339 g/mol. The Kier molecular flexibility index (Phi) is 4.86. The maximum Gasteiger partial charge on any atom is 0.251 e. The first-order valence-corrected chi connectivity index (χ1v) is 8.50. The molecule has 0 bridgehead atoms. The molecule has 3 rings (SSSR count). The first-order chi connectivity index (χ1) is 11.7. The second-order valence-corrected chi connectivity index (χ2v) is 6.30. The minimum atomic E-state index is -0.297. The van der Waals surface area contributed by atoms with Gasteiger partial charge in [-0.05, 0) is 36.2 Å². The number of nitrogens with one attached hydrogen (secondary N) is 2. The van der Waals surface area contributed by atoms with Crippen molar-refractivity contribution in [2.75, 3.05) is 11.9 Å².